The summed E-state index contributed by atoms with van der Waals surface area (Å²) in [4.78, 5) is 14.9. The summed E-state index contributed by atoms with van der Waals surface area (Å²) in [5.74, 6) is 3.09. The molecular formula is C29H38N6O2. The molecule has 3 aliphatic heterocycles. The summed E-state index contributed by atoms with van der Waals surface area (Å²) in [5.41, 5.74) is 3.25. The zero-order valence-corrected chi connectivity index (χ0v) is 22.4. The third kappa shape index (κ3) is 3.87. The Morgan fingerprint density at radius 1 is 1.03 bits per heavy atom. The summed E-state index contributed by atoms with van der Waals surface area (Å²) in [6.07, 6.45) is 6.88. The third-order valence-electron chi connectivity index (χ3n) is 9.59. The van der Waals surface area contributed by atoms with E-state index in [1.165, 1.54) is 17.5 Å². The van der Waals surface area contributed by atoms with Gasteiger partial charge in [0.25, 0.3) is 0 Å². The largest absolute Gasteiger partial charge is 0.390 e. The molecule has 8 heteroatoms. The predicted octanol–water partition coefficient (Wildman–Crippen LogP) is 3.89. The number of hydrogen-bond donors (Lipinski definition) is 1. The molecule has 196 valence electrons. The molecule has 37 heavy (non-hydrogen) atoms. The van der Waals surface area contributed by atoms with Gasteiger partial charge >= 0.3 is 0 Å². The summed E-state index contributed by atoms with van der Waals surface area (Å²) in [6, 6.07) is 8.83. The Balaban J connectivity index is 1.21. The third-order valence-corrected chi connectivity index (χ3v) is 9.59. The van der Waals surface area contributed by atoms with Gasteiger partial charge in [-0.25, -0.2) is 14.6 Å². The van der Waals surface area contributed by atoms with E-state index in [2.05, 4.69) is 41.8 Å². The number of hydrogen-bond acceptors (Lipinski definition) is 7. The molecule has 0 amide bonds. The van der Waals surface area contributed by atoms with Gasteiger partial charge in [0.2, 0.25) is 0 Å². The van der Waals surface area contributed by atoms with Crippen molar-refractivity contribution in [3.63, 3.8) is 0 Å². The molecule has 1 N–H and O–H groups in total. The zero-order chi connectivity index (χ0) is 25.5. The summed E-state index contributed by atoms with van der Waals surface area (Å²) < 4.78 is 7.48. The number of likely N-dealkylation sites (tertiary alicyclic amines) is 1. The van der Waals surface area contributed by atoms with E-state index in [4.69, 9.17) is 19.8 Å². The molecule has 2 aromatic heterocycles. The number of aryl methyl sites for hydroxylation is 2. The molecule has 2 bridgehead atoms. The van der Waals surface area contributed by atoms with Crippen LogP contribution in [0.15, 0.2) is 24.4 Å². The maximum atomic E-state index is 10.5. The molecule has 8 nitrogen and oxygen atoms in total. The number of nitrogens with zero attached hydrogens (tertiary/aromatic N) is 6. The van der Waals surface area contributed by atoms with Gasteiger partial charge in [-0.05, 0) is 89.0 Å². The molecular weight excluding hydrogens is 464 g/mol. The van der Waals surface area contributed by atoms with Crippen molar-refractivity contribution in [2.75, 3.05) is 24.7 Å². The van der Waals surface area contributed by atoms with Crippen LogP contribution in [0.3, 0.4) is 0 Å². The average molecular weight is 503 g/mol. The lowest BCUT2D eigenvalue weighted by Crippen LogP contribution is -2.60. The van der Waals surface area contributed by atoms with E-state index in [-0.39, 0.29) is 0 Å². The average Bonchev–Trinajstić information content (AvgIpc) is 3.51. The highest BCUT2D eigenvalue weighted by Gasteiger charge is 2.52. The number of rotatable bonds is 4. The van der Waals surface area contributed by atoms with Crippen LogP contribution in [0.4, 0.5) is 5.82 Å². The van der Waals surface area contributed by atoms with Gasteiger partial charge in [-0.2, -0.15) is 5.10 Å². The summed E-state index contributed by atoms with van der Waals surface area (Å²) in [7, 11) is 0. The Morgan fingerprint density at radius 3 is 2.49 bits per heavy atom. The van der Waals surface area contributed by atoms with Crippen LogP contribution in [0.25, 0.3) is 16.7 Å². The van der Waals surface area contributed by atoms with Gasteiger partial charge in [0, 0.05) is 36.1 Å². The van der Waals surface area contributed by atoms with Gasteiger partial charge in [-0.15, -0.1) is 0 Å². The van der Waals surface area contributed by atoms with E-state index in [0.717, 1.165) is 73.8 Å². The van der Waals surface area contributed by atoms with Crippen molar-refractivity contribution in [1.82, 2.24) is 24.6 Å². The van der Waals surface area contributed by atoms with Gasteiger partial charge in [-0.3, -0.25) is 4.90 Å². The highest BCUT2D eigenvalue weighted by atomic mass is 16.5. The van der Waals surface area contributed by atoms with Crippen LogP contribution in [0.5, 0.6) is 0 Å². The lowest BCUT2D eigenvalue weighted by Gasteiger charge is -2.46. The normalized spacial score (nSPS) is 32.4. The Morgan fingerprint density at radius 2 is 1.78 bits per heavy atom. The van der Waals surface area contributed by atoms with Gasteiger partial charge in [0.05, 0.1) is 36.6 Å². The monoisotopic (exact) mass is 502 g/mol. The Kier molecular flexibility index (Phi) is 5.40. The molecule has 5 heterocycles. The molecule has 4 fully saturated rings. The molecule has 3 saturated heterocycles. The molecule has 3 unspecified atom stereocenters. The molecule has 0 radical (unpaired) electrons. The molecule has 3 aromatic rings. The maximum absolute atomic E-state index is 10.5. The Bertz CT molecular complexity index is 1340. The van der Waals surface area contributed by atoms with Crippen molar-refractivity contribution in [1.29, 1.82) is 0 Å². The van der Waals surface area contributed by atoms with Crippen molar-refractivity contribution >= 4 is 16.7 Å². The van der Waals surface area contributed by atoms with E-state index in [1.54, 1.807) is 0 Å². The maximum Gasteiger partial charge on any atom is 0.159 e. The second-order valence-electron chi connectivity index (χ2n) is 12.2. The SMILES string of the molecule is Cc1nc(N2CC3CC2C(C)N3C2COC2)cc(-n2ncc3cc(C)c(C4CCC(C)(O)CC4)cc32)n1. The first-order valence-corrected chi connectivity index (χ1v) is 14.0. The topological polar surface area (TPSA) is 79.5 Å². The van der Waals surface area contributed by atoms with Crippen molar-refractivity contribution in [2.24, 2.45) is 0 Å². The second-order valence-corrected chi connectivity index (χ2v) is 12.2. The predicted molar refractivity (Wildman–Crippen MR) is 143 cm³/mol. The highest BCUT2D eigenvalue weighted by Crippen LogP contribution is 2.42. The van der Waals surface area contributed by atoms with Crippen molar-refractivity contribution < 1.29 is 9.84 Å². The van der Waals surface area contributed by atoms with Crippen LogP contribution in [-0.4, -0.2) is 79.3 Å². The number of benzene rings is 1. The van der Waals surface area contributed by atoms with Crippen LogP contribution in [0.2, 0.25) is 0 Å². The van der Waals surface area contributed by atoms with Gasteiger partial charge in [0.1, 0.15) is 11.6 Å². The smallest absolute Gasteiger partial charge is 0.159 e. The fourth-order valence-corrected chi connectivity index (χ4v) is 7.51. The van der Waals surface area contributed by atoms with Crippen molar-refractivity contribution in [3.8, 4) is 5.82 Å². The number of aliphatic hydroxyl groups is 1. The fraction of sp³-hybridized carbons (Fsp3) is 0.621. The van der Waals surface area contributed by atoms with Crippen LogP contribution >= 0.6 is 0 Å². The fourth-order valence-electron chi connectivity index (χ4n) is 7.51. The lowest BCUT2D eigenvalue weighted by atomic mass is 9.76. The minimum atomic E-state index is -0.527. The number of ether oxygens (including phenoxy) is 1. The molecule has 7 rings (SSSR count). The van der Waals surface area contributed by atoms with E-state index in [9.17, 15) is 5.11 Å². The Labute approximate surface area is 218 Å². The van der Waals surface area contributed by atoms with Gasteiger partial charge < -0.3 is 14.7 Å². The first kappa shape index (κ1) is 23.6. The Hall–Kier alpha value is -2.55. The standard InChI is InChI=1S/C29H38N6O2/c1-17-9-21-13-30-35(26(21)11-24(17)20-5-7-29(4,36)8-6-20)28-12-27(31-19(3)32-28)33-14-22-10-25(33)18(2)34(22)23-15-37-16-23/h9,11-13,18,20,22-23,25,36H,5-8,10,14-16H2,1-4H3. The zero-order valence-electron chi connectivity index (χ0n) is 22.4. The molecule has 1 aromatic carbocycles. The highest BCUT2D eigenvalue weighted by molar-refractivity contribution is 5.82. The van der Waals surface area contributed by atoms with E-state index < -0.39 is 5.60 Å². The van der Waals surface area contributed by atoms with E-state index in [0.29, 0.717) is 30.1 Å². The van der Waals surface area contributed by atoms with Crippen LogP contribution < -0.4 is 4.90 Å². The minimum absolute atomic E-state index is 0.472. The summed E-state index contributed by atoms with van der Waals surface area (Å²) >= 11 is 0. The lowest BCUT2D eigenvalue weighted by molar-refractivity contribution is -0.0834. The van der Waals surface area contributed by atoms with E-state index >= 15 is 0 Å². The van der Waals surface area contributed by atoms with Crippen LogP contribution in [-0.2, 0) is 4.74 Å². The first-order valence-electron chi connectivity index (χ1n) is 14.0. The van der Waals surface area contributed by atoms with Gasteiger partial charge in [-0.1, -0.05) is 0 Å². The molecule has 1 saturated carbocycles. The van der Waals surface area contributed by atoms with Crippen LogP contribution in [0, 0.1) is 13.8 Å². The molecule has 0 spiro atoms. The van der Waals surface area contributed by atoms with Crippen molar-refractivity contribution in [3.05, 3.63) is 41.3 Å². The van der Waals surface area contributed by atoms with Gasteiger partial charge in [0.15, 0.2) is 5.82 Å². The summed E-state index contributed by atoms with van der Waals surface area (Å²) in [6.45, 7) is 11.3. The molecule has 3 atom stereocenters. The second kappa shape index (κ2) is 8.48. The van der Waals surface area contributed by atoms with Crippen molar-refractivity contribution in [2.45, 2.75) is 95.5 Å². The summed E-state index contributed by atoms with van der Waals surface area (Å²) in [5, 5.41) is 16.4. The number of fused-ring (bicyclic) bond motifs is 3. The number of aromatic nitrogens is 4. The molecule has 1 aliphatic carbocycles. The van der Waals surface area contributed by atoms with Crippen LogP contribution in [0.1, 0.15) is 68.8 Å². The quantitative estimate of drug-likeness (QED) is 0.580. The van der Waals surface area contributed by atoms with E-state index in [1.807, 2.05) is 24.7 Å². The molecule has 4 aliphatic rings. The first-order chi connectivity index (χ1) is 17.8. The number of anilines is 1. The minimum Gasteiger partial charge on any atom is -0.390 e. The number of piperazine rings is 1.